The van der Waals surface area contributed by atoms with Gasteiger partial charge in [0.1, 0.15) is 11.8 Å². The molecule has 1 aliphatic rings. The van der Waals surface area contributed by atoms with Gasteiger partial charge >= 0.3 is 0 Å². The van der Waals surface area contributed by atoms with E-state index in [2.05, 4.69) is 17.9 Å². The summed E-state index contributed by atoms with van der Waals surface area (Å²) >= 11 is 2.02. The van der Waals surface area contributed by atoms with Crippen molar-refractivity contribution >= 4 is 11.8 Å². The van der Waals surface area contributed by atoms with E-state index in [1.165, 1.54) is 17.1 Å². The van der Waals surface area contributed by atoms with Crippen LogP contribution in [-0.4, -0.2) is 36.1 Å². The molecule has 0 saturated carbocycles. The quantitative estimate of drug-likeness (QED) is 0.838. The molecule has 0 radical (unpaired) electrons. The maximum absolute atomic E-state index is 9.08. The molecule has 1 heterocycles. The number of hydrogen-bond acceptors (Lipinski definition) is 4. The van der Waals surface area contributed by atoms with Crippen molar-refractivity contribution in [2.45, 2.75) is 19.5 Å². The van der Waals surface area contributed by atoms with Crippen molar-refractivity contribution in [2.75, 3.05) is 25.2 Å². The first-order valence-electron chi connectivity index (χ1n) is 6.13. The Morgan fingerprint density at radius 1 is 1.56 bits per heavy atom. The lowest BCUT2D eigenvalue weighted by Crippen LogP contribution is -2.39. The van der Waals surface area contributed by atoms with Crippen molar-refractivity contribution in [3.8, 4) is 11.8 Å². The highest BCUT2D eigenvalue weighted by atomic mass is 32.2. The van der Waals surface area contributed by atoms with Gasteiger partial charge in [-0.1, -0.05) is 6.07 Å². The van der Waals surface area contributed by atoms with Crippen molar-refractivity contribution < 1.29 is 4.74 Å². The van der Waals surface area contributed by atoms with Crippen molar-refractivity contribution in [1.82, 2.24) is 4.90 Å². The van der Waals surface area contributed by atoms with Gasteiger partial charge in [0.05, 0.1) is 12.7 Å². The summed E-state index contributed by atoms with van der Waals surface area (Å²) in [7, 11) is 1.60. The first-order valence-corrected chi connectivity index (χ1v) is 7.29. The van der Waals surface area contributed by atoms with Crippen LogP contribution >= 0.6 is 11.8 Å². The van der Waals surface area contributed by atoms with Crippen molar-refractivity contribution in [1.29, 1.82) is 5.26 Å². The molecule has 0 amide bonds. The summed E-state index contributed by atoms with van der Waals surface area (Å²) in [5.74, 6) is 3.05. The molecule has 1 aromatic rings. The average Bonchev–Trinajstić information content (AvgIpc) is 2.41. The maximum Gasteiger partial charge on any atom is 0.136 e. The van der Waals surface area contributed by atoms with E-state index in [4.69, 9.17) is 10.00 Å². The Labute approximate surface area is 113 Å². The smallest absolute Gasteiger partial charge is 0.136 e. The van der Waals surface area contributed by atoms with Crippen molar-refractivity contribution in [2.24, 2.45) is 0 Å². The van der Waals surface area contributed by atoms with Gasteiger partial charge in [-0.2, -0.15) is 17.0 Å². The minimum atomic E-state index is 0.608. The fourth-order valence-corrected chi connectivity index (χ4v) is 3.25. The fourth-order valence-electron chi connectivity index (χ4n) is 2.17. The van der Waals surface area contributed by atoms with Gasteiger partial charge in [-0.3, -0.25) is 4.90 Å². The lowest BCUT2D eigenvalue weighted by molar-refractivity contribution is 0.224. The Morgan fingerprint density at radius 2 is 2.39 bits per heavy atom. The van der Waals surface area contributed by atoms with Gasteiger partial charge in [-0.15, -0.1) is 0 Å². The van der Waals surface area contributed by atoms with Gasteiger partial charge in [-0.25, -0.2) is 0 Å². The number of methoxy groups -OCH3 is 1. The predicted octanol–water partition coefficient (Wildman–Crippen LogP) is 2.50. The molecule has 0 aliphatic carbocycles. The lowest BCUT2D eigenvalue weighted by atomic mass is 10.1. The molecule has 0 bridgehead atoms. The lowest BCUT2D eigenvalue weighted by Gasteiger charge is -2.33. The summed E-state index contributed by atoms with van der Waals surface area (Å²) in [4.78, 5) is 2.47. The Balaban J connectivity index is 2.12. The van der Waals surface area contributed by atoms with Gasteiger partial charge in [0.25, 0.3) is 0 Å². The largest absolute Gasteiger partial charge is 0.495 e. The first kappa shape index (κ1) is 13.3. The van der Waals surface area contributed by atoms with Crippen LogP contribution in [0.25, 0.3) is 0 Å². The molecule has 0 spiro atoms. The number of thioether (sulfide) groups is 1. The predicted molar refractivity (Wildman–Crippen MR) is 74.9 cm³/mol. The van der Waals surface area contributed by atoms with Crippen LogP contribution in [0.2, 0.25) is 0 Å². The summed E-state index contributed by atoms with van der Waals surface area (Å²) in [6.07, 6.45) is 0. The van der Waals surface area contributed by atoms with Gasteiger partial charge in [-0.05, 0) is 24.6 Å². The zero-order valence-corrected chi connectivity index (χ0v) is 11.7. The fraction of sp³-hybridized carbons (Fsp3) is 0.500. The molecule has 18 heavy (non-hydrogen) atoms. The van der Waals surface area contributed by atoms with Gasteiger partial charge < -0.3 is 4.74 Å². The van der Waals surface area contributed by atoms with E-state index in [9.17, 15) is 0 Å². The average molecular weight is 262 g/mol. The molecule has 1 atom stereocenters. The molecule has 0 aromatic heterocycles. The van der Waals surface area contributed by atoms with Crippen LogP contribution in [-0.2, 0) is 6.54 Å². The van der Waals surface area contributed by atoms with E-state index in [1.807, 2.05) is 30.0 Å². The Hall–Kier alpha value is -1.18. The molecule has 1 aromatic carbocycles. The SMILES string of the molecule is COc1ccc(CN2CCSCC2C)cc1C#N. The second-order valence-electron chi connectivity index (χ2n) is 4.54. The second-order valence-corrected chi connectivity index (χ2v) is 5.69. The zero-order valence-electron chi connectivity index (χ0n) is 10.8. The third kappa shape index (κ3) is 2.98. The zero-order chi connectivity index (χ0) is 13.0. The molecule has 1 aliphatic heterocycles. The third-order valence-electron chi connectivity index (χ3n) is 3.28. The van der Waals surface area contributed by atoms with E-state index in [0.29, 0.717) is 17.4 Å². The normalized spacial score (nSPS) is 20.4. The monoisotopic (exact) mass is 262 g/mol. The van der Waals surface area contributed by atoms with Gasteiger partial charge in [0.2, 0.25) is 0 Å². The molecular formula is C14H18N2OS. The van der Waals surface area contributed by atoms with Crippen LogP contribution in [0.15, 0.2) is 18.2 Å². The summed E-state index contributed by atoms with van der Waals surface area (Å²) in [5.41, 5.74) is 1.81. The van der Waals surface area contributed by atoms with E-state index < -0.39 is 0 Å². The van der Waals surface area contributed by atoms with Crippen LogP contribution in [0.4, 0.5) is 0 Å². The molecule has 3 nitrogen and oxygen atoms in total. The second kappa shape index (κ2) is 6.12. The molecule has 0 N–H and O–H groups in total. The van der Waals surface area contributed by atoms with E-state index in [-0.39, 0.29) is 0 Å². The van der Waals surface area contributed by atoms with Crippen molar-refractivity contribution in [3.63, 3.8) is 0 Å². The molecule has 4 heteroatoms. The van der Waals surface area contributed by atoms with Crippen LogP contribution in [0.3, 0.4) is 0 Å². The highest BCUT2D eigenvalue weighted by Gasteiger charge is 2.18. The van der Waals surface area contributed by atoms with Gasteiger partial charge in [0.15, 0.2) is 0 Å². The van der Waals surface area contributed by atoms with E-state index in [1.54, 1.807) is 7.11 Å². The number of nitrogens with zero attached hydrogens (tertiary/aromatic N) is 2. The Morgan fingerprint density at radius 3 is 3.06 bits per heavy atom. The summed E-state index contributed by atoms with van der Waals surface area (Å²) in [6.45, 7) is 4.31. The molecule has 1 fully saturated rings. The minimum Gasteiger partial charge on any atom is -0.495 e. The standard InChI is InChI=1S/C14H18N2OS/c1-11-10-18-6-5-16(11)9-12-3-4-14(17-2)13(7-12)8-15/h3-4,7,11H,5-6,9-10H2,1-2H3. The number of hydrogen-bond donors (Lipinski definition) is 0. The number of nitriles is 1. The Bertz CT molecular complexity index is 456. The highest BCUT2D eigenvalue weighted by molar-refractivity contribution is 7.99. The van der Waals surface area contributed by atoms with E-state index >= 15 is 0 Å². The van der Waals surface area contributed by atoms with Crippen molar-refractivity contribution in [3.05, 3.63) is 29.3 Å². The van der Waals surface area contributed by atoms with Gasteiger partial charge in [0, 0.05) is 30.6 Å². The van der Waals surface area contributed by atoms with Crippen LogP contribution in [0.1, 0.15) is 18.1 Å². The highest BCUT2D eigenvalue weighted by Crippen LogP contribution is 2.22. The van der Waals surface area contributed by atoms with E-state index in [0.717, 1.165) is 13.1 Å². The minimum absolute atomic E-state index is 0.608. The topological polar surface area (TPSA) is 36.3 Å². The molecule has 1 saturated heterocycles. The number of benzene rings is 1. The molecular weight excluding hydrogens is 244 g/mol. The Kier molecular flexibility index (Phi) is 4.51. The summed E-state index contributed by atoms with van der Waals surface area (Å²) in [6, 6.07) is 8.67. The summed E-state index contributed by atoms with van der Waals surface area (Å²) in [5, 5.41) is 9.08. The molecule has 96 valence electrons. The van der Waals surface area contributed by atoms with Crippen LogP contribution < -0.4 is 4.74 Å². The third-order valence-corrected chi connectivity index (χ3v) is 4.46. The first-order chi connectivity index (χ1) is 8.74. The molecule has 1 unspecified atom stereocenters. The van der Waals surface area contributed by atoms with Crippen LogP contribution in [0.5, 0.6) is 5.75 Å². The summed E-state index contributed by atoms with van der Waals surface area (Å²) < 4.78 is 5.16. The number of rotatable bonds is 3. The number of ether oxygens (including phenoxy) is 1. The maximum atomic E-state index is 9.08. The van der Waals surface area contributed by atoms with Crippen LogP contribution in [0, 0.1) is 11.3 Å². The molecule has 2 rings (SSSR count).